The standard InChI is InChI=1S/C12H19Br/c1-6-11(13)8-7-10(2)9-12(3,4)5/h6-8H,1,9H2,2-5H3/b10-7+,11-8+. The number of rotatable bonds is 3. The highest BCUT2D eigenvalue weighted by atomic mass is 79.9. The van der Waals surface area contributed by atoms with Gasteiger partial charge in [-0.25, -0.2) is 0 Å². The van der Waals surface area contributed by atoms with Crippen LogP contribution in [-0.2, 0) is 0 Å². The van der Waals surface area contributed by atoms with Crippen LogP contribution in [0.5, 0.6) is 0 Å². The maximum absolute atomic E-state index is 3.67. The molecule has 0 saturated carbocycles. The molecule has 1 heteroatoms. The van der Waals surface area contributed by atoms with Crippen molar-refractivity contribution in [3.8, 4) is 0 Å². The van der Waals surface area contributed by atoms with Crippen molar-refractivity contribution in [3.63, 3.8) is 0 Å². The molecule has 0 rings (SSSR count). The molecule has 0 nitrogen and oxygen atoms in total. The Bertz CT molecular complexity index is 226. The Morgan fingerprint density at radius 2 is 1.85 bits per heavy atom. The average Bonchev–Trinajstić information content (AvgIpc) is 1.97. The highest BCUT2D eigenvalue weighted by Gasteiger charge is 2.09. The van der Waals surface area contributed by atoms with Crippen molar-refractivity contribution < 1.29 is 0 Å². The van der Waals surface area contributed by atoms with E-state index in [0.29, 0.717) is 5.41 Å². The van der Waals surface area contributed by atoms with E-state index in [1.807, 2.05) is 6.08 Å². The first kappa shape index (κ1) is 12.7. The second-order valence-corrected chi connectivity index (χ2v) is 5.42. The van der Waals surface area contributed by atoms with Crippen LogP contribution in [0, 0.1) is 5.41 Å². The summed E-state index contributed by atoms with van der Waals surface area (Å²) in [6.45, 7) is 12.6. The van der Waals surface area contributed by atoms with Crippen molar-refractivity contribution in [2.75, 3.05) is 0 Å². The molecular formula is C12H19Br. The van der Waals surface area contributed by atoms with Gasteiger partial charge in [-0.3, -0.25) is 0 Å². The molecule has 0 aromatic heterocycles. The monoisotopic (exact) mass is 242 g/mol. The second kappa shape index (κ2) is 5.43. The molecule has 0 heterocycles. The Kier molecular flexibility index (Phi) is 5.31. The Hall–Kier alpha value is -0.300. The van der Waals surface area contributed by atoms with Crippen LogP contribution in [-0.4, -0.2) is 0 Å². The maximum Gasteiger partial charge on any atom is 0.0169 e. The Balaban J connectivity index is 4.27. The lowest BCUT2D eigenvalue weighted by atomic mass is 9.88. The molecule has 0 amide bonds. The number of hydrogen-bond donors (Lipinski definition) is 0. The molecule has 74 valence electrons. The smallest absolute Gasteiger partial charge is 0.0169 e. The van der Waals surface area contributed by atoms with Gasteiger partial charge in [0.05, 0.1) is 0 Å². The quantitative estimate of drug-likeness (QED) is 0.622. The van der Waals surface area contributed by atoms with Crippen molar-refractivity contribution in [1.82, 2.24) is 0 Å². The zero-order valence-corrected chi connectivity index (χ0v) is 10.6. The topological polar surface area (TPSA) is 0 Å². The van der Waals surface area contributed by atoms with Crippen molar-refractivity contribution in [1.29, 1.82) is 0 Å². The lowest BCUT2D eigenvalue weighted by Gasteiger charge is -2.17. The van der Waals surface area contributed by atoms with Gasteiger partial charge < -0.3 is 0 Å². The number of hydrogen-bond acceptors (Lipinski definition) is 0. The molecule has 0 radical (unpaired) electrons. The molecule has 0 aliphatic heterocycles. The van der Waals surface area contributed by atoms with Gasteiger partial charge in [-0.15, -0.1) is 0 Å². The number of allylic oxidation sites excluding steroid dienone is 5. The van der Waals surface area contributed by atoms with E-state index >= 15 is 0 Å². The summed E-state index contributed by atoms with van der Waals surface area (Å²) >= 11 is 3.38. The van der Waals surface area contributed by atoms with Crippen LogP contribution in [0.1, 0.15) is 34.1 Å². The summed E-state index contributed by atoms with van der Waals surface area (Å²) < 4.78 is 1.03. The molecule has 0 unspecified atom stereocenters. The Labute approximate surface area is 90.6 Å². The Morgan fingerprint density at radius 1 is 1.31 bits per heavy atom. The first-order valence-electron chi connectivity index (χ1n) is 4.50. The average molecular weight is 243 g/mol. The summed E-state index contributed by atoms with van der Waals surface area (Å²) in [5.41, 5.74) is 1.76. The van der Waals surface area contributed by atoms with Crippen molar-refractivity contribution in [2.24, 2.45) is 5.41 Å². The molecule has 0 N–H and O–H groups in total. The SMILES string of the molecule is C=C/C(Br)=C\C=C(/C)CC(C)(C)C. The molecule has 0 aliphatic carbocycles. The van der Waals surface area contributed by atoms with Gasteiger partial charge in [-0.05, 0) is 24.8 Å². The van der Waals surface area contributed by atoms with E-state index in [1.165, 1.54) is 5.57 Å². The summed E-state index contributed by atoms with van der Waals surface area (Å²) in [6.07, 6.45) is 7.09. The summed E-state index contributed by atoms with van der Waals surface area (Å²) in [7, 11) is 0. The van der Waals surface area contributed by atoms with Crippen molar-refractivity contribution >= 4 is 15.9 Å². The summed E-state index contributed by atoms with van der Waals surface area (Å²) in [5, 5.41) is 0. The molecule has 0 bridgehead atoms. The van der Waals surface area contributed by atoms with Crippen LogP contribution < -0.4 is 0 Å². The highest BCUT2D eigenvalue weighted by molar-refractivity contribution is 9.11. The van der Waals surface area contributed by atoms with Crippen LogP contribution in [0.2, 0.25) is 0 Å². The second-order valence-electron chi connectivity index (χ2n) is 4.51. The summed E-state index contributed by atoms with van der Waals surface area (Å²) in [5.74, 6) is 0. The third-order valence-corrected chi connectivity index (χ3v) is 2.12. The summed E-state index contributed by atoms with van der Waals surface area (Å²) in [4.78, 5) is 0. The molecule has 0 saturated heterocycles. The lowest BCUT2D eigenvalue weighted by Crippen LogP contribution is -2.04. The van der Waals surface area contributed by atoms with Crippen LogP contribution in [0.4, 0.5) is 0 Å². The van der Waals surface area contributed by atoms with E-state index < -0.39 is 0 Å². The van der Waals surface area contributed by atoms with Crippen LogP contribution in [0.15, 0.2) is 34.9 Å². The fraction of sp³-hybridized carbons (Fsp3) is 0.500. The van der Waals surface area contributed by atoms with E-state index in [4.69, 9.17) is 0 Å². The highest BCUT2D eigenvalue weighted by Crippen LogP contribution is 2.23. The van der Waals surface area contributed by atoms with E-state index in [0.717, 1.165) is 10.9 Å². The van der Waals surface area contributed by atoms with Crippen LogP contribution in [0.25, 0.3) is 0 Å². The fourth-order valence-corrected chi connectivity index (χ4v) is 1.32. The molecule has 0 fully saturated rings. The predicted molar refractivity (Wildman–Crippen MR) is 65.0 cm³/mol. The maximum atomic E-state index is 3.67. The van der Waals surface area contributed by atoms with Gasteiger partial charge >= 0.3 is 0 Å². The molecular weight excluding hydrogens is 224 g/mol. The number of halogens is 1. The first-order chi connectivity index (χ1) is 5.85. The molecule has 13 heavy (non-hydrogen) atoms. The first-order valence-corrected chi connectivity index (χ1v) is 5.30. The van der Waals surface area contributed by atoms with Gasteiger partial charge in [-0.2, -0.15) is 0 Å². The van der Waals surface area contributed by atoms with Gasteiger partial charge in [0.2, 0.25) is 0 Å². The van der Waals surface area contributed by atoms with Gasteiger partial charge in [0.1, 0.15) is 0 Å². The predicted octanol–water partition coefficient (Wildman–Crippen LogP) is 4.83. The minimum absolute atomic E-state index is 0.370. The zero-order chi connectivity index (χ0) is 10.5. The van der Waals surface area contributed by atoms with Gasteiger partial charge in [0, 0.05) is 4.48 Å². The van der Waals surface area contributed by atoms with E-state index in [9.17, 15) is 0 Å². The van der Waals surface area contributed by atoms with E-state index in [-0.39, 0.29) is 0 Å². The van der Waals surface area contributed by atoms with E-state index in [1.54, 1.807) is 6.08 Å². The molecule has 0 aliphatic rings. The minimum atomic E-state index is 0.370. The molecule has 0 aromatic rings. The van der Waals surface area contributed by atoms with E-state index in [2.05, 4.69) is 56.3 Å². The van der Waals surface area contributed by atoms with Crippen molar-refractivity contribution in [2.45, 2.75) is 34.1 Å². The molecule has 0 aromatic carbocycles. The fourth-order valence-electron chi connectivity index (χ4n) is 1.19. The third-order valence-electron chi connectivity index (χ3n) is 1.53. The van der Waals surface area contributed by atoms with Crippen LogP contribution >= 0.6 is 15.9 Å². The van der Waals surface area contributed by atoms with Gasteiger partial charge in [0.15, 0.2) is 0 Å². The zero-order valence-electron chi connectivity index (χ0n) is 9.02. The van der Waals surface area contributed by atoms with Gasteiger partial charge in [-0.1, -0.05) is 61.0 Å². The summed E-state index contributed by atoms with van der Waals surface area (Å²) in [6, 6.07) is 0. The minimum Gasteiger partial charge on any atom is -0.0979 e. The third kappa shape index (κ3) is 8.04. The van der Waals surface area contributed by atoms with Gasteiger partial charge in [0.25, 0.3) is 0 Å². The Morgan fingerprint density at radius 3 is 2.23 bits per heavy atom. The molecule has 0 atom stereocenters. The van der Waals surface area contributed by atoms with Crippen molar-refractivity contribution in [3.05, 3.63) is 34.9 Å². The van der Waals surface area contributed by atoms with Crippen LogP contribution in [0.3, 0.4) is 0 Å². The largest absolute Gasteiger partial charge is 0.0979 e. The normalized spacial score (nSPS) is 14.5. The molecule has 0 spiro atoms. The lowest BCUT2D eigenvalue weighted by molar-refractivity contribution is 0.410.